The topological polar surface area (TPSA) is 50.8 Å². The van der Waals surface area contributed by atoms with Crippen LogP contribution in [0.1, 0.15) is 0 Å². The molecule has 0 saturated carbocycles. The van der Waals surface area contributed by atoms with Crippen LogP contribution in [0.25, 0.3) is 0 Å². The Balaban J connectivity index is 2.89. The molecule has 0 aromatic heterocycles. The molecular weight excluding hydrogens is 114 g/mol. The van der Waals surface area contributed by atoms with Gasteiger partial charge in [-0.1, -0.05) is 0 Å². The Morgan fingerprint density at radius 2 is 2.57 bits per heavy atom. The molecule has 0 aromatic carbocycles. The first-order valence-electron chi connectivity index (χ1n) is 1.55. The van der Waals surface area contributed by atoms with Crippen molar-refractivity contribution < 1.29 is 4.74 Å². The largest absolute Gasteiger partial charge is 0.739 e. The average molecular weight is 115 g/mol. The van der Waals surface area contributed by atoms with Crippen LogP contribution in [0.4, 0.5) is 0 Å². The standard InChI is InChI=1S/C2HN3OS/c6-5-1-3-4-2(5)7/h1H. The van der Waals surface area contributed by atoms with Crippen molar-refractivity contribution in [2.75, 3.05) is 0 Å². The van der Waals surface area contributed by atoms with E-state index in [-0.39, 0.29) is 5.11 Å². The molecule has 0 N–H and O–H groups in total. The summed E-state index contributed by atoms with van der Waals surface area (Å²) in [6.45, 7) is 0. The van der Waals surface area contributed by atoms with E-state index in [1.165, 1.54) is 0 Å². The minimum absolute atomic E-state index is 0.0278. The molecule has 0 unspecified atom stereocenters. The smallest absolute Gasteiger partial charge is 0.372 e. The zero-order valence-electron chi connectivity index (χ0n) is 3.24. The van der Waals surface area contributed by atoms with Gasteiger partial charge in [0.05, 0.1) is 10.2 Å². The molecule has 0 fully saturated rings. The van der Waals surface area contributed by atoms with Crippen molar-refractivity contribution in [1.82, 2.24) is 0 Å². The van der Waals surface area contributed by atoms with Crippen molar-refractivity contribution in [3.05, 3.63) is 5.21 Å². The zero-order chi connectivity index (χ0) is 5.28. The lowest BCUT2D eigenvalue weighted by atomic mass is 11.1. The Morgan fingerprint density at radius 1 is 1.86 bits per heavy atom. The van der Waals surface area contributed by atoms with Crippen LogP contribution in [0.3, 0.4) is 0 Å². The predicted molar refractivity (Wildman–Crippen MR) is 27.1 cm³/mol. The van der Waals surface area contributed by atoms with E-state index in [1.54, 1.807) is 0 Å². The normalized spacial score (nSPS) is 17.7. The number of hydrogen-bond donors (Lipinski definition) is 0. The van der Waals surface area contributed by atoms with Gasteiger partial charge in [0.1, 0.15) is 0 Å². The van der Waals surface area contributed by atoms with E-state index in [9.17, 15) is 5.21 Å². The molecule has 1 rings (SSSR count). The van der Waals surface area contributed by atoms with Gasteiger partial charge in [-0.2, -0.15) is 0 Å². The quantitative estimate of drug-likeness (QED) is 0.258. The predicted octanol–water partition coefficient (Wildman–Crippen LogP) is 0.276. The van der Waals surface area contributed by atoms with E-state index in [4.69, 9.17) is 0 Å². The van der Waals surface area contributed by atoms with Gasteiger partial charge in [0.2, 0.25) is 0 Å². The molecule has 0 atom stereocenters. The van der Waals surface area contributed by atoms with Gasteiger partial charge >= 0.3 is 5.11 Å². The Hall–Kier alpha value is -0.840. The number of rotatable bonds is 0. The summed E-state index contributed by atoms with van der Waals surface area (Å²) in [5.74, 6) is 0. The van der Waals surface area contributed by atoms with Crippen molar-refractivity contribution in [3.8, 4) is 0 Å². The van der Waals surface area contributed by atoms with Crippen LogP contribution in [0.2, 0.25) is 0 Å². The highest BCUT2D eigenvalue weighted by Gasteiger charge is 2.06. The highest BCUT2D eigenvalue weighted by atomic mass is 32.1. The van der Waals surface area contributed by atoms with Crippen LogP contribution >= 0.6 is 12.2 Å². The van der Waals surface area contributed by atoms with E-state index in [2.05, 4.69) is 22.4 Å². The van der Waals surface area contributed by atoms with Crippen LogP contribution in [0, 0.1) is 5.21 Å². The molecule has 4 nitrogen and oxygen atoms in total. The van der Waals surface area contributed by atoms with Gasteiger partial charge in [-0.3, -0.25) is 0 Å². The van der Waals surface area contributed by atoms with E-state index < -0.39 is 0 Å². The zero-order valence-corrected chi connectivity index (χ0v) is 4.05. The Labute approximate surface area is 44.8 Å². The lowest BCUT2D eigenvalue weighted by molar-refractivity contribution is -0.312. The molecule has 7 heavy (non-hydrogen) atoms. The van der Waals surface area contributed by atoms with Gasteiger partial charge < -0.3 is 5.21 Å². The number of nitrogens with zero attached hydrogens (tertiary/aromatic N) is 3. The summed E-state index contributed by atoms with van der Waals surface area (Å²) in [5, 5.41) is 16.5. The second-order valence-electron chi connectivity index (χ2n) is 0.939. The summed E-state index contributed by atoms with van der Waals surface area (Å²) >= 11 is 4.36. The maximum absolute atomic E-state index is 10.1. The third-order valence-electron chi connectivity index (χ3n) is 0.488. The van der Waals surface area contributed by atoms with Gasteiger partial charge in [0.25, 0.3) is 6.34 Å². The summed E-state index contributed by atoms with van der Waals surface area (Å²) < 4.78 is 0.426. The highest BCUT2D eigenvalue weighted by Crippen LogP contribution is 1.89. The van der Waals surface area contributed by atoms with Crippen molar-refractivity contribution in [1.29, 1.82) is 0 Å². The minimum atomic E-state index is -0.0278. The maximum atomic E-state index is 10.1. The molecular formula is C2HN3OS. The molecule has 1 heterocycles. The first-order chi connectivity index (χ1) is 3.30. The second kappa shape index (κ2) is 1.34. The fraction of sp³-hybridized carbons (Fsp3) is 0. The molecule has 1 aliphatic rings. The van der Waals surface area contributed by atoms with Crippen molar-refractivity contribution in [2.45, 2.75) is 0 Å². The Bertz CT molecular complexity index is 160. The van der Waals surface area contributed by atoms with Gasteiger partial charge in [-0.05, 0) is 0 Å². The summed E-state index contributed by atoms with van der Waals surface area (Å²) in [5.41, 5.74) is 0. The van der Waals surface area contributed by atoms with Crippen molar-refractivity contribution >= 4 is 23.7 Å². The van der Waals surface area contributed by atoms with E-state index >= 15 is 0 Å². The summed E-state index contributed by atoms with van der Waals surface area (Å²) in [4.78, 5) is 0. The van der Waals surface area contributed by atoms with Crippen molar-refractivity contribution in [2.24, 2.45) is 10.2 Å². The van der Waals surface area contributed by atoms with Crippen LogP contribution in [-0.4, -0.2) is 16.2 Å². The SMILES string of the molecule is [O-][N+]1=CN=NC1=S. The van der Waals surface area contributed by atoms with Gasteiger partial charge in [-0.25, -0.2) is 4.74 Å². The molecule has 36 valence electrons. The lowest BCUT2D eigenvalue weighted by Crippen LogP contribution is -2.02. The van der Waals surface area contributed by atoms with E-state index in [0.717, 1.165) is 6.34 Å². The third-order valence-corrected chi connectivity index (χ3v) is 0.750. The molecule has 1 aliphatic heterocycles. The van der Waals surface area contributed by atoms with E-state index in [0.29, 0.717) is 4.74 Å². The van der Waals surface area contributed by atoms with Crippen LogP contribution in [-0.2, 0) is 0 Å². The van der Waals surface area contributed by atoms with Crippen LogP contribution in [0.5, 0.6) is 0 Å². The molecule has 0 radical (unpaired) electrons. The van der Waals surface area contributed by atoms with Gasteiger partial charge in [0.15, 0.2) is 0 Å². The van der Waals surface area contributed by atoms with E-state index in [1.807, 2.05) is 0 Å². The highest BCUT2D eigenvalue weighted by molar-refractivity contribution is 7.79. The molecule has 0 aromatic rings. The fourth-order valence-corrected chi connectivity index (χ4v) is 0.310. The first-order valence-corrected chi connectivity index (χ1v) is 1.96. The number of thiocarbonyl (C=S) groups is 1. The Kier molecular flexibility index (Phi) is 0.828. The van der Waals surface area contributed by atoms with Gasteiger partial charge in [0, 0.05) is 12.2 Å². The average Bonchev–Trinajstić information content (AvgIpc) is 1.91. The molecule has 0 bridgehead atoms. The Morgan fingerprint density at radius 3 is 2.71 bits per heavy atom. The van der Waals surface area contributed by atoms with Crippen LogP contribution in [0.15, 0.2) is 10.2 Å². The molecule has 0 spiro atoms. The minimum Gasteiger partial charge on any atom is -0.739 e. The fourth-order valence-electron chi connectivity index (χ4n) is 0.216. The monoisotopic (exact) mass is 115 g/mol. The maximum Gasteiger partial charge on any atom is 0.372 e. The van der Waals surface area contributed by atoms with Gasteiger partial charge in [-0.15, -0.1) is 0 Å². The molecule has 5 heteroatoms. The molecule has 0 aliphatic carbocycles. The number of azo groups is 1. The summed E-state index contributed by atoms with van der Waals surface area (Å²) in [6, 6.07) is 0. The second-order valence-corrected chi connectivity index (χ2v) is 1.30. The third kappa shape index (κ3) is 0.614. The number of hydrogen-bond acceptors (Lipinski definition) is 3. The summed E-state index contributed by atoms with van der Waals surface area (Å²) in [7, 11) is 0. The first kappa shape index (κ1) is 4.32. The van der Waals surface area contributed by atoms with Crippen LogP contribution < -0.4 is 0 Å². The number of hydroxylamine groups is 1. The lowest BCUT2D eigenvalue weighted by Gasteiger charge is -1.94. The summed E-state index contributed by atoms with van der Waals surface area (Å²) in [6.07, 6.45) is 1.02. The van der Waals surface area contributed by atoms with Crippen molar-refractivity contribution in [3.63, 3.8) is 0 Å². The molecule has 0 saturated heterocycles. The molecule has 0 amide bonds.